The molecule has 4 heterocycles. The molecule has 1 saturated carbocycles. The highest BCUT2D eigenvalue weighted by atomic mass is 16.6. The molecule has 6 N–H and O–H groups in total. The van der Waals surface area contributed by atoms with Crippen molar-refractivity contribution in [1.29, 1.82) is 0 Å². The Morgan fingerprint density at radius 3 is 2.23 bits per heavy atom. The summed E-state index contributed by atoms with van der Waals surface area (Å²) in [6, 6.07) is -1.23. The molecular weight excluding hydrogens is 947 g/mol. The van der Waals surface area contributed by atoms with E-state index in [-0.39, 0.29) is 43.1 Å². The average Bonchev–Trinajstić information content (AvgIpc) is 3.36. The van der Waals surface area contributed by atoms with Crippen molar-refractivity contribution >= 4 is 35.2 Å². The molecule has 6 bridgehead atoms. The molecule has 16 atom stereocenters. The first-order chi connectivity index (χ1) is 34.4. The average molecular weight is 1030 g/mol. The fraction of sp³-hybridized carbons (Fsp3) is 0.745. The lowest BCUT2D eigenvalue weighted by Crippen LogP contribution is -2.65. The molecule has 0 radical (unpaired) electrons. The largest absolute Gasteiger partial charge is 0.460 e. The zero-order valence-corrected chi connectivity index (χ0v) is 44.3. The van der Waals surface area contributed by atoms with Gasteiger partial charge in [-0.3, -0.25) is 24.0 Å². The van der Waals surface area contributed by atoms with Gasteiger partial charge in [0.15, 0.2) is 0 Å². The summed E-state index contributed by atoms with van der Waals surface area (Å²) in [7, 11) is 3.01. The highest BCUT2D eigenvalue weighted by Gasteiger charge is 2.57. The Morgan fingerprint density at radius 1 is 0.890 bits per heavy atom. The SMILES string of the molecule is CO[C@H]1CC2CC[C@@H](C)[C@@](O)(O2)C(=O)C(=O)N2CCCC3[C@H]2C(=O)O[C@@H](CC(=O)[C@H](C)/C=C(\C)[C@@H](O)[C@@H](CO)C(=O)[C@H](C)C[C@@](C)(O)/C=C/C=C/C=C/1C)[C@H]3C[C@@H]1CC[C@@H](OC(=O)C(C)(CO)CO)[C@H](OC)C1. The maximum atomic E-state index is 14.6. The number of piperidine rings is 1. The van der Waals surface area contributed by atoms with E-state index >= 15 is 0 Å². The molecule has 0 aromatic rings. The van der Waals surface area contributed by atoms with Crippen LogP contribution in [-0.2, 0) is 52.5 Å². The fourth-order valence-corrected chi connectivity index (χ4v) is 11.7. The molecule has 0 aromatic carbocycles. The van der Waals surface area contributed by atoms with Gasteiger partial charge in [0.25, 0.3) is 11.7 Å². The minimum absolute atomic E-state index is 0.0173. The molecule has 1 aliphatic carbocycles. The molecule has 2 unspecified atom stereocenters. The molecule has 410 valence electrons. The second kappa shape index (κ2) is 25.7. The Morgan fingerprint density at radius 2 is 1.59 bits per heavy atom. The Bertz CT molecular complexity index is 2090. The summed E-state index contributed by atoms with van der Waals surface area (Å²) < 4.78 is 29.8. The summed E-state index contributed by atoms with van der Waals surface area (Å²) in [5, 5.41) is 64.9. The van der Waals surface area contributed by atoms with Crippen LogP contribution < -0.4 is 0 Å². The number of allylic oxidation sites excluding steroid dienone is 5. The molecule has 0 aromatic heterocycles. The van der Waals surface area contributed by atoms with Gasteiger partial charge in [0, 0.05) is 57.3 Å². The molecule has 18 nitrogen and oxygen atoms in total. The van der Waals surface area contributed by atoms with Gasteiger partial charge in [0.1, 0.15) is 35.2 Å². The summed E-state index contributed by atoms with van der Waals surface area (Å²) in [6.45, 7) is 9.29. The van der Waals surface area contributed by atoms with Crippen LogP contribution in [0.3, 0.4) is 0 Å². The summed E-state index contributed by atoms with van der Waals surface area (Å²) in [5.74, 6) is -12.1. The fourth-order valence-electron chi connectivity index (χ4n) is 11.7. The topological polar surface area (TPSA) is 273 Å². The highest BCUT2D eigenvalue weighted by Crippen LogP contribution is 2.46. The van der Waals surface area contributed by atoms with Crippen LogP contribution in [0, 0.1) is 46.8 Å². The third kappa shape index (κ3) is 14.1. The van der Waals surface area contributed by atoms with E-state index < -0.39 is 144 Å². The van der Waals surface area contributed by atoms with Gasteiger partial charge in [0.05, 0.1) is 55.8 Å². The van der Waals surface area contributed by atoms with Crippen LogP contribution in [0.2, 0.25) is 0 Å². The van der Waals surface area contributed by atoms with Crippen molar-refractivity contribution in [3.8, 4) is 0 Å². The minimum Gasteiger partial charge on any atom is -0.460 e. The standard InChI is InChI=1S/C55H83NO17/c1-31-14-11-10-12-20-54(7,67)27-34(4)48(62)40(28-57)47(61)33(3)22-32(2)41(60)26-44-39(23-36-17-19-42(45(24-36)70-9)72-52(66)53(6,29-58)30-59)38-15-13-21-56(46(38)51(65)71-44)50(64)49(63)55(68)35(5)16-18-37(73-55)25-43(31)69-8/h10-12,14,20,22,32,34-40,42-47,57-59,61,67-68H,13,15-19,21,23-30H2,1-9H3/b11-10+,20-12+,31-14+,33-22+/t32-,34-,35-,36+,37?,38?,39+,40-,42-,43+,44+,45-,46+,47-,54+,55-/m1/s1. The zero-order chi connectivity index (χ0) is 54.2. The number of carbonyl (C=O) groups is 6. The van der Waals surface area contributed by atoms with Gasteiger partial charge in [-0.05, 0) is 108 Å². The lowest BCUT2D eigenvalue weighted by molar-refractivity contribution is -0.266. The van der Waals surface area contributed by atoms with Gasteiger partial charge in [-0.1, -0.05) is 57.2 Å². The highest BCUT2D eigenvalue weighted by molar-refractivity contribution is 6.39. The van der Waals surface area contributed by atoms with Gasteiger partial charge in [-0.2, -0.15) is 0 Å². The predicted molar refractivity (Wildman–Crippen MR) is 266 cm³/mol. The van der Waals surface area contributed by atoms with Crippen LogP contribution in [0.1, 0.15) is 119 Å². The zero-order valence-electron chi connectivity index (χ0n) is 44.3. The van der Waals surface area contributed by atoms with E-state index in [0.717, 1.165) is 5.57 Å². The van der Waals surface area contributed by atoms with Crippen LogP contribution in [0.25, 0.3) is 0 Å². The predicted octanol–water partition coefficient (Wildman–Crippen LogP) is 3.65. The molecule has 3 saturated heterocycles. The number of methoxy groups -OCH3 is 2. The van der Waals surface area contributed by atoms with E-state index in [9.17, 15) is 59.4 Å². The summed E-state index contributed by atoms with van der Waals surface area (Å²) in [6.07, 6.45) is 8.23. The lowest BCUT2D eigenvalue weighted by Gasteiger charge is -2.50. The number of fused-ring (bicyclic) bond motifs is 3. The summed E-state index contributed by atoms with van der Waals surface area (Å²) in [4.78, 5) is 85.8. The molecule has 18 heteroatoms. The van der Waals surface area contributed by atoms with Crippen LogP contribution in [0.5, 0.6) is 0 Å². The van der Waals surface area contributed by atoms with E-state index in [2.05, 4.69) is 0 Å². The maximum absolute atomic E-state index is 14.6. The summed E-state index contributed by atoms with van der Waals surface area (Å²) >= 11 is 0. The molecule has 4 aliphatic heterocycles. The van der Waals surface area contributed by atoms with E-state index in [0.29, 0.717) is 51.4 Å². The van der Waals surface area contributed by atoms with Gasteiger partial charge < -0.3 is 59.2 Å². The van der Waals surface area contributed by atoms with Crippen molar-refractivity contribution in [2.75, 3.05) is 40.6 Å². The number of aliphatic hydroxyl groups is 6. The number of nitrogens with zero attached hydrogens (tertiary/aromatic N) is 1. The number of amides is 1. The third-order valence-electron chi connectivity index (χ3n) is 16.5. The van der Waals surface area contributed by atoms with Crippen molar-refractivity contribution in [1.82, 2.24) is 4.90 Å². The normalized spacial score (nSPS) is 40.5. The van der Waals surface area contributed by atoms with Crippen LogP contribution in [0.4, 0.5) is 0 Å². The first-order valence-corrected chi connectivity index (χ1v) is 26.1. The minimum atomic E-state index is -2.52. The van der Waals surface area contributed by atoms with E-state index in [4.69, 9.17) is 23.7 Å². The molecule has 4 fully saturated rings. The van der Waals surface area contributed by atoms with Crippen LogP contribution >= 0.6 is 0 Å². The number of ketones is 3. The van der Waals surface area contributed by atoms with Crippen molar-refractivity contribution in [3.05, 3.63) is 47.6 Å². The number of esters is 2. The lowest BCUT2D eigenvalue weighted by atomic mass is 9.68. The van der Waals surface area contributed by atoms with Gasteiger partial charge in [0.2, 0.25) is 5.79 Å². The van der Waals surface area contributed by atoms with Crippen molar-refractivity contribution < 1.29 is 83.1 Å². The van der Waals surface area contributed by atoms with E-state index in [1.165, 1.54) is 38.2 Å². The number of carbonyl (C=O) groups excluding carboxylic acids is 6. The van der Waals surface area contributed by atoms with Crippen molar-refractivity contribution in [2.45, 2.75) is 173 Å². The number of rotatable bonds is 9. The molecule has 0 spiro atoms. The monoisotopic (exact) mass is 1030 g/mol. The molecule has 73 heavy (non-hydrogen) atoms. The number of hydrogen-bond donors (Lipinski definition) is 6. The number of aliphatic hydroxyl groups excluding tert-OH is 4. The number of ether oxygens (including phenoxy) is 5. The van der Waals surface area contributed by atoms with Gasteiger partial charge in [-0.15, -0.1) is 0 Å². The first kappa shape index (κ1) is 59.9. The van der Waals surface area contributed by atoms with Crippen LogP contribution in [0.15, 0.2) is 47.6 Å². The van der Waals surface area contributed by atoms with Crippen molar-refractivity contribution in [3.63, 3.8) is 0 Å². The van der Waals surface area contributed by atoms with E-state index in [1.807, 2.05) is 6.92 Å². The Labute approximate surface area is 430 Å². The van der Waals surface area contributed by atoms with Crippen molar-refractivity contribution in [2.24, 2.45) is 46.8 Å². The van der Waals surface area contributed by atoms with E-state index in [1.54, 1.807) is 58.9 Å². The molecule has 1 amide bonds. The summed E-state index contributed by atoms with van der Waals surface area (Å²) in [5.41, 5.74) is -1.93. The molecule has 5 aliphatic rings. The second-order valence-corrected chi connectivity index (χ2v) is 22.2. The second-order valence-electron chi connectivity index (χ2n) is 22.2. The number of Topliss-reactive ketones (excluding diaryl/α,β-unsaturated/α-hetero) is 3. The first-order valence-electron chi connectivity index (χ1n) is 26.1. The Hall–Kier alpha value is -3.98. The Balaban J connectivity index is 1.52. The molecular formula is C55H83NO17. The molecule has 5 rings (SSSR count). The maximum Gasteiger partial charge on any atom is 0.329 e. The Kier molecular flexibility index (Phi) is 21.1. The third-order valence-corrected chi connectivity index (χ3v) is 16.5. The quantitative estimate of drug-likeness (QED) is 0.109. The van der Waals surface area contributed by atoms with Crippen LogP contribution in [-0.4, -0.2) is 165 Å². The number of hydrogen-bond acceptors (Lipinski definition) is 17. The van der Waals surface area contributed by atoms with Gasteiger partial charge in [-0.25, -0.2) is 4.79 Å². The smallest absolute Gasteiger partial charge is 0.329 e. The van der Waals surface area contributed by atoms with Gasteiger partial charge >= 0.3 is 11.9 Å².